The lowest BCUT2D eigenvalue weighted by Crippen LogP contribution is -2.40. The number of nitrogens with one attached hydrogen (secondary N) is 1. The summed E-state index contributed by atoms with van der Waals surface area (Å²) in [6.45, 7) is 10.8. The van der Waals surface area contributed by atoms with Crippen molar-refractivity contribution < 1.29 is 0 Å². The van der Waals surface area contributed by atoms with Crippen LogP contribution in [0.5, 0.6) is 0 Å². The van der Waals surface area contributed by atoms with E-state index < -0.39 is 0 Å². The van der Waals surface area contributed by atoms with E-state index in [0.717, 1.165) is 12.0 Å². The van der Waals surface area contributed by atoms with E-state index in [4.69, 9.17) is 0 Å². The molecule has 0 amide bonds. The average molecular weight is 282 g/mol. The Morgan fingerprint density at radius 3 is 2.10 bits per heavy atom. The summed E-state index contributed by atoms with van der Waals surface area (Å²) in [7, 11) is 0. The summed E-state index contributed by atoms with van der Waals surface area (Å²) in [6.07, 6.45) is 15.5. The lowest BCUT2D eigenvalue weighted by Gasteiger charge is -2.39. The fourth-order valence-electron chi connectivity index (χ4n) is 4.07. The van der Waals surface area contributed by atoms with Crippen molar-refractivity contribution in [2.45, 2.75) is 104 Å². The molecular weight excluding hydrogens is 242 g/mol. The minimum atomic E-state index is 0.550. The van der Waals surface area contributed by atoms with Gasteiger partial charge in [0.25, 0.3) is 0 Å². The maximum atomic E-state index is 3.82. The molecule has 120 valence electrons. The van der Waals surface area contributed by atoms with Crippen LogP contribution >= 0.6 is 0 Å². The fraction of sp³-hybridized carbons (Fsp3) is 1.00. The summed E-state index contributed by atoms with van der Waals surface area (Å²) in [6, 6.07) is 0.776. The van der Waals surface area contributed by atoms with Crippen LogP contribution in [0.3, 0.4) is 0 Å². The molecule has 1 N–H and O–H groups in total. The molecule has 0 spiro atoms. The molecule has 2 unspecified atom stereocenters. The maximum absolute atomic E-state index is 3.82. The number of hydrogen-bond acceptors (Lipinski definition) is 1. The van der Waals surface area contributed by atoms with Crippen molar-refractivity contribution in [3.05, 3.63) is 0 Å². The third-order valence-electron chi connectivity index (χ3n) is 4.85. The minimum absolute atomic E-state index is 0.550. The van der Waals surface area contributed by atoms with Crippen LogP contribution in [0, 0.1) is 11.3 Å². The van der Waals surface area contributed by atoms with Crippen LogP contribution in [0.4, 0.5) is 0 Å². The highest BCUT2D eigenvalue weighted by molar-refractivity contribution is 4.86. The van der Waals surface area contributed by atoms with E-state index in [1.54, 1.807) is 0 Å². The molecule has 2 atom stereocenters. The molecule has 0 aromatic heterocycles. The summed E-state index contributed by atoms with van der Waals surface area (Å²) >= 11 is 0. The second-order valence-electron chi connectivity index (χ2n) is 8.04. The standard InChI is InChI=1S/C19H39N/c1-5-6-7-8-9-10-11-12-13-20-18-14-17(2)15-19(3,4)16-18/h17-18,20H,5-16H2,1-4H3. The lowest BCUT2D eigenvalue weighted by atomic mass is 9.70. The van der Waals surface area contributed by atoms with E-state index in [1.807, 2.05) is 0 Å². The van der Waals surface area contributed by atoms with Crippen molar-refractivity contribution in [1.82, 2.24) is 5.32 Å². The van der Waals surface area contributed by atoms with Crippen molar-refractivity contribution in [1.29, 1.82) is 0 Å². The van der Waals surface area contributed by atoms with Gasteiger partial charge in [-0.25, -0.2) is 0 Å². The van der Waals surface area contributed by atoms with Gasteiger partial charge in [0.15, 0.2) is 0 Å². The lowest BCUT2D eigenvalue weighted by molar-refractivity contribution is 0.151. The molecule has 1 nitrogen and oxygen atoms in total. The van der Waals surface area contributed by atoms with E-state index in [2.05, 4.69) is 33.0 Å². The van der Waals surface area contributed by atoms with Crippen LogP contribution in [0.25, 0.3) is 0 Å². The number of rotatable bonds is 10. The Balaban J connectivity index is 1.96. The van der Waals surface area contributed by atoms with Crippen LogP contribution in [0.15, 0.2) is 0 Å². The van der Waals surface area contributed by atoms with Crippen LogP contribution in [0.1, 0.15) is 98.3 Å². The Hall–Kier alpha value is -0.0400. The molecule has 1 heteroatoms. The number of hydrogen-bond donors (Lipinski definition) is 1. The molecule has 1 rings (SSSR count). The SMILES string of the molecule is CCCCCCCCCCNC1CC(C)CC(C)(C)C1. The van der Waals surface area contributed by atoms with Crippen LogP contribution in [-0.2, 0) is 0 Å². The molecule has 0 heterocycles. The third kappa shape index (κ3) is 8.29. The van der Waals surface area contributed by atoms with Gasteiger partial charge < -0.3 is 5.32 Å². The highest BCUT2D eigenvalue weighted by Gasteiger charge is 2.31. The Morgan fingerprint density at radius 2 is 1.50 bits per heavy atom. The molecule has 1 aliphatic rings. The highest BCUT2D eigenvalue weighted by Crippen LogP contribution is 2.38. The summed E-state index contributed by atoms with van der Waals surface area (Å²) in [5.74, 6) is 0.898. The first-order chi connectivity index (χ1) is 9.53. The van der Waals surface area contributed by atoms with Crippen LogP contribution < -0.4 is 5.32 Å². The second-order valence-corrected chi connectivity index (χ2v) is 8.04. The van der Waals surface area contributed by atoms with E-state index >= 15 is 0 Å². The molecule has 0 aromatic rings. The minimum Gasteiger partial charge on any atom is -0.314 e. The van der Waals surface area contributed by atoms with Crippen LogP contribution in [-0.4, -0.2) is 12.6 Å². The van der Waals surface area contributed by atoms with Gasteiger partial charge in [-0.05, 0) is 43.6 Å². The molecule has 1 saturated carbocycles. The first-order valence-electron chi connectivity index (χ1n) is 9.27. The fourth-order valence-corrected chi connectivity index (χ4v) is 4.07. The molecule has 0 aliphatic heterocycles. The second kappa shape index (κ2) is 9.82. The Kier molecular flexibility index (Phi) is 8.84. The predicted molar refractivity (Wildman–Crippen MR) is 91.2 cm³/mol. The quantitative estimate of drug-likeness (QED) is 0.489. The van der Waals surface area contributed by atoms with E-state index in [-0.39, 0.29) is 0 Å². The normalized spacial score (nSPS) is 25.8. The molecular formula is C19H39N. The van der Waals surface area contributed by atoms with Crippen molar-refractivity contribution in [3.63, 3.8) is 0 Å². The molecule has 0 aromatic carbocycles. The third-order valence-corrected chi connectivity index (χ3v) is 4.85. The first kappa shape index (κ1) is 18.0. The molecule has 1 fully saturated rings. The monoisotopic (exact) mass is 281 g/mol. The van der Waals surface area contributed by atoms with Crippen molar-refractivity contribution in [3.8, 4) is 0 Å². The molecule has 1 aliphatic carbocycles. The van der Waals surface area contributed by atoms with Gasteiger partial charge in [-0.2, -0.15) is 0 Å². The zero-order valence-electron chi connectivity index (χ0n) is 14.6. The van der Waals surface area contributed by atoms with Crippen molar-refractivity contribution >= 4 is 0 Å². The predicted octanol–water partition coefficient (Wildman–Crippen LogP) is 5.93. The van der Waals surface area contributed by atoms with Crippen molar-refractivity contribution in [2.24, 2.45) is 11.3 Å². The largest absolute Gasteiger partial charge is 0.314 e. The van der Waals surface area contributed by atoms with Gasteiger partial charge in [0.2, 0.25) is 0 Å². The van der Waals surface area contributed by atoms with E-state index in [9.17, 15) is 0 Å². The topological polar surface area (TPSA) is 12.0 Å². The van der Waals surface area contributed by atoms with Crippen molar-refractivity contribution in [2.75, 3.05) is 6.54 Å². The van der Waals surface area contributed by atoms with Gasteiger partial charge >= 0.3 is 0 Å². The Morgan fingerprint density at radius 1 is 0.900 bits per heavy atom. The highest BCUT2D eigenvalue weighted by atomic mass is 14.9. The van der Waals surface area contributed by atoms with E-state index in [1.165, 1.54) is 77.2 Å². The summed E-state index contributed by atoms with van der Waals surface area (Å²) in [5, 5.41) is 3.82. The smallest absolute Gasteiger partial charge is 0.00746 e. The number of unbranched alkanes of at least 4 members (excludes halogenated alkanes) is 7. The van der Waals surface area contributed by atoms with Gasteiger partial charge in [0, 0.05) is 6.04 Å². The Labute approximate surface area is 128 Å². The summed E-state index contributed by atoms with van der Waals surface area (Å²) in [4.78, 5) is 0. The van der Waals surface area contributed by atoms with Gasteiger partial charge in [0.1, 0.15) is 0 Å². The molecule has 20 heavy (non-hydrogen) atoms. The van der Waals surface area contributed by atoms with E-state index in [0.29, 0.717) is 5.41 Å². The zero-order valence-corrected chi connectivity index (χ0v) is 14.6. The molecule has 0 saturated heterocycles. The van der Waals surface area contributed by atoms with Gasteiger partial charge in [-0.15, -0.1) is 0 Å². The molecule has 0 bridgehead atoms. The van der Waals surface area contributed by atoms with Gasteiger partial charge in [-0.3, -0.25) is 0 Å². The molecule has 0 radical (unpaired) electrons. The summed E-state index contributed by atoms with van der Waals surface area (Å²) < 4.78 is 0. The average Bonchev–Trinajstić information content (AvgIpc) is 2.34. The first-order valence-corrected chi connectivity index (χ1v) is 9.27. The maximum Gasteiger partial charge on any atom is 0.00746 e. The van der Waals surface area contributed by atoms with Gasteiger partial charge in [0.05, 0.1) is 0 Å². The van der Waals surface area contributed by atoms with Gasteiger partial charge in [-0.1, -0.05) is 72.6 Å². The summed E-state index contributed by atoms with van der Waals surface area (Å²) in [5.41, 5.74) is 0.550. The zero-order chi connectivity index (χ0) is 14.8. The van der Waals surface area contributed by atoms with Crippen LogP contribution in [0.2, 0.25) is 0 Å². The Bertz CT molecular complexity index is 234.